The van der Waals surface area contributed by atoms with Crippen LogP contribution in [-0.4, -0.2) is 36.6 Å². The number of nitrogens with zero attached hydrogens (tertiary/aromatic N) is 1. The Bertz CT molecular complexity index is 492. The molecule has 116 valence electrons. The first-order valence-corrected chi connectivity index (χ1v) is 6.47. The molecule has 1 amide bonds. The second-order valence-electron chi connectivity index (χ2n) is 4.59. The Morgan fingerprint density at radius 3 is 2.90 bits per heavy atom. The van der Waals surface area contributed by atoms with E-state index in [1.165, 1.54) is 6.07 Å². The molecule has 2 rings (SSSR count). The van der Waals surface area contributed by atoms with E-state index in [1.807, 2.05) is 0 Å². The number of para-hydroxylation sites is 1. The Labute approximate surface area is 128 Å². The number of morpholine rings is 1. The number of hydrogen-bond donors (Lipinski definition) is 2. The summed E-state index contributed by atoms with van der Waals surface area (Å²) in [6.45, 7) is 2.07. The topological polar surface area (TPSA) is 93.5 Å². The number of nitrogens with one attached hydrogen (secondary N) is 2. The van der Waals surface area contributed by atoms with E-state index in [4.69, 9.17) is 4.74 Å². The average Bonchev–Trinajstić information content (AvgIpc) is 2.46. The number of nitro benzene ring substituents is 1. The van der Waals surface area contributed by atoms with Gasteiger partial charge in [-0.15, -0.1) is 12.4 Å². The summed E-state index contributed by atoms with van der Waals surface area (Å²) in [5.74, 6) is -0.147. The summed E-state index contributed by atoms with van der Waals surface area (Å²) in [7, 11) is 0. The molecule has 1 aliphatic heterocycles. The van der Waals surface area contributed by atoms with Gasteiger partial charge in [-0.1, -0.05) is 18.2 Å². The molecule has 1 saturated heterocycles. The van der Waals surface area contributed by atoms with Gasteiger partial charge in [0.2, 0.25) is 5.91 Å². The minimum Gasteiger partial charge on any atom is -0.378 e. The highest BCUT2D eigenvalue weighted by Crippen LogP contribution is 2.17. The number of amides is 1. The highest BCUT2D eigenvalue weighted by Gasteiger charge is 2.18. The fourth-order valence-electron chi connectivity index (χ4n) is 2.08. The van der Waals surface area contributed by atoms with Crippen molar-refractivity contribution in [2.24, 2.45) is 0 Å². The average molecular weight is 316 g/mol. The first kappa shape index (κ1) is 17.4. The van der Waals surface area contributed by atoms with E-state index in [0.717, 1.165) is 6.54 Å². The Kier molecular flexibility index (Phi) is 7.07. The van der Waals surface area contributed by atoms with Gasteiger partial charge in [0.15, 0.2) is 0 Å². The minimum atomic E-state index is -0.446. The monoisotopic (exact) mass is 315 g/mol. The zero-order valence-corrected chi connectivity index (χ0v) is 12.2. The molecule has 0 saturated carbocycles. The fourth-order valence-corrected chi connectivity index (χ4v) is 2.08. The second-order valence-corrected chi connectivity index (χ2v) is 4.59. The number of benzene rings is 1. The van der Waals surface area contributed by atoms with Crippen LogP contribution in [0.1, 0.15) is 12.0 Å². The normalized spacial score (nSPS) is 17.6. The van der Waals surface area contributed by atoms with Crippen molar-refractivity contribution in [1.29, 1.82) is 0 Å². The highest BCUT2D eigenvalue weighted by atomic mass is 35.5. The molecule has 1 unspecified atom stereocenters. The van der Waals surface area contributed by atoms with E-state index in [-0.39, 0.29) is 36.6 Å². The number of rotatable bonds is 5. The van der Waals surface area contributed by atoms with Crippen LogP contribution in [0.2, 0.25) is 0 Å². The van der Waals surface area contributed by atoms with Crippen LogP contribution in [0.3, 0.4) is 0 Å². The lowest BCUT2D eigenvalue weighted by Gasteiger charge is -2.23. The van der Waals surface area contributed by atoms with E-state index in [9.17, 15) is 14.9 Å². The molecule has 0 bridgehead atoms. The minimum absolute atomic E-state index is 0. The summed E-state index contributed by atoms with van der Waals surface area (Å²) in [4.78, 5) is 22.2. The van der Waals surface area contributed by atoms with Crippen molar-refractivity contribution in [3.63, 3.8) is 0 Å². The molecule has 1 heterocycles. The van der Waals surface area contributed by atoms with Crippen LogP contribution in [0.5, 0.6) is 0 Å². The second kappa shape index (κ2) is 8.56. The van der Waals surface area contributed by atoms with Gasteiger partial charge < -0.3 is 15.4 Å². The molecule has 1 fully saturated rings. The lowest BCUT2D eigenvalue weighted by Crippen LogP contribution is -2.44. The number of ether oxygens (including phenoxy) is 1. The molecule has 0 aromatic heterocycles. The maximum Gasteiger partial charge on any atom is 0.274 e. The number of halogens is 1. The van der Waals surface area contributed by atoms with Crippen molar-refractivity contribution in [3.05, 3.63) is 39.9 Å². The van der Waals surface area contributed by atoms with Crippen molar-refractivity contribution in [2.75, 3.05) is 19.8 Å². The van der Waals surface area contributed by atoms with Crippen molar-refractivity contribution in [2.45, 2.75) is 19.0 Å². The van der Waals surface area contributed by atoms with Crippen LogP contribution >= 0.6 is 12.4 Å². The van der Waals surface area contributed by atoms with Gasteiger partial charge in [-0.2, -0.15) is 0 Å². The standard InChI is InChI=1S/C13H17N3O4.ClH/c17-13(7-11-9-20-6-5-14-11)15-8-10-3-1-2-4-12(10)16(18)19;/h1-4,11,14H,5-9H2,(H,15,17);1H. The summed E-state index contributed by atoms with van der Waals surface area (Å²) in [6, 6.07) is 6.39. The largest absolute Gasteiger partial charge is 0.378 e. The first-order valence-electron chi connectivity index (χ1n) is 6.47. The van der Waals surface area contributed by atoms with E-state index in [2.05, 4.69) is 10.6 Å². The zero-order chi connectivity index (χ0) is 14.4. The van der Waals surface area contributed by atoms with E-state index < -0.39 is 4.92 Å². The predicted octanol–water partition coefficient (Wildman–Crippen LogP) is 1.01. The van der Waals surface area contributed by atoms with Gasteiger partial charge in [0, 0.05) is 37.2 Å². The molecule has 0 spiro atoms. The fraction of sp³-hybridized carbons (Fsp3) is 0.462. The van der Waals surface area contributed by atoms with Crippen molar-refractivity contribution in [1.82, 2.24) is 10.6 Å². The zero-order valence-electron chi connectivity index (χ0n) is 11.4. The van der Waals surface area contributed by atoms with Gasteiger partial charge in [0.25, 0.3) is 5.69 Å². The summed E-state index contributed by atoms with van der Waals surface area (Å²) < 4.78 is 5.26. The molecule has 21 heavy (non-hydrogen) atoms. The smallest absolute Gasteiger partial charge is 0.274 e. The molecule has 1 aromatic carbocycles. The van der Waals surface area contributed by atoms with E-state index in [1.54, 1.807) is 18.2 Å². The van der Waals surface area contributed by atoms with Crippen LogP contribution in [0.25, 0.3) is 0 Å². The Morgan fingerprint density at radius 2 is 2.24 bits per heavy atom. The van der Waals surface area contributed by atoms with Gasteiger partial charge in [-0.05, 0) is 0 Å². The summed E-state index contributed by atoms with van der Waals surface area (Å²) in [5, 5.41) is 16.7. The SMILES string of the molecule is Cl.O=C(CC1COCCN1)NCc1ccccc1[N+](=O)[O-]. The maximum atomic E-state index is 11.8. The lowest BCUT2D eigenvalue weighted by molar-refractivity contribution is -0.385. The van der Waals surface area contributed by atoms with Gasteiger partial charge >= 0.3 is 0 Å². The number of carbonyl (C=O) groups excluding carboxylic acids is 1. The highest BCUT2D eigenvalue weighted by molar-refractivity contribution is 5.85. The predicted molar refractivity (Wildman–Crippen MR) is 79.4 cm³/mol. The van der Waals surface area contributed by atoms with Gasteiger partial charge in [0.05, 0.1) is 18.1 Å². The van der Waals surface area contributed by atoms with Crippen LogP contribution in [0.15, 0.2) is 24.3 Å². The molecule has 0 radical (unpaired) electrons. The van der Waals surface area contributed by atoms with Gasteiger partial charge in [-0.3, -0.25) is 14.9 Å². The third-order valence-corrected chi connectivity index (χ3v) is 3.09. The Hall–Kier alpha value is -1.70. The first-order chi connectivity index (χ1) is 9.66. The van der Waals surface area contributed by atoms with Crippen molar-refractivity contribution in [3.8, 4) is 0 Å². The summed E-state index contributed by atoms with van der Waals surface area (Å²) >= 11 is 0. The van der Waals surface area contributed by atoms with Gasteiger partial charge in [0.1, 0.15) is 0 Å². The quantitative estimate of drug-likeness (QED) is 0.625. The molecular weight excluding hydrogens is 298 g/mol. The van der Waals surface area contributed by atoms with Crippen LogP contribution < -0.4 is 10.6 Å². The molecule has 1 aromatic rings. The van der Waals surface area contributed by atoms with Crippen LogP contribution in [0, 0.1) is 10.1 Å². The molecule has 0 aliphatic carbocycles. The van der Waals surface area contributed by atoms with E-state index >= 15 is 0 Å². The third-order valence-electron chi connectivity index (χ3n) is 3.09. The molecule has 1 atom stereocenters. The maximum absolute atomic E-state index is 11.8. The summed E-state index contributed by atoms with van der Waals surface area (Å²) in [6.07, 6.45) is 0.306. The molecule has 8 heteroatoms. The molecule has 7 nitrogen and oxygen atoms in total. The Balaban J connectivity index is 0.00000220. The number of hydrogen-bond acceptors (Lipinski definition) is 5. The van der Waals surface area contributed by atoms with Crippen LogP contribution in [0.4, 0.5) is 5.69 Å². The van der Waals surface area contributed by atoms with Crippen molar-refractivity contribution < 1.29 is 14.5 Å². The summed E-state index contributed by atoms with van der Waals surface area (Å²) in [5.41, 5.74) is 0.519. The molecular formula is C13H18ClN3O4. The molecule has 1 aliphatic rings. The number of nitro groups is 1. The molecule has 2 N–H and O–H groups in total. The van der Waals surface area contributed by atoms with Gasteiger partial charge in [-0.25, -0.2) is 0 Å². The van der Waals surface area contributed by atoms with E-state index in [0.29, 0.717) is 25.2 Å². The van der Waals surface area contributed by atoms with Crippen molar-refractivity contribution >= 4 is 24.0 Å². The Morgan fingerprint density at radius 1 is 1.48 bits per heavy atom. The lowest BCUT2D eigenvalue weighted by atomic mass is 10.1. The third kappa shape index (κ3) is 5.30. The van der Waals surface area contributed by atoms with Crippen LogP contribution in [-0.2, 0) is 16.1 Å². The number of carbonyl (C=O) groups is 1.